The van der Waals surface area contributed by atoms with Crippen LogP contribution in [0.2, 0.25) is 0 Å². The lowest BCUT2D eigenvalue weighted by Crippen LogP contribution is -2.35. The van der Waals surface area contributed by atoms with Gasteiger partial charge in [-0.1, -0.05) is 161 Å². The van der Waals surface area contributed by atoms with Gasteiger partial charge in [-0.2, -0.15) is 0 Å². The summed E-state index contributed by atoms with van der Waals surface area (Å²) in [6, 6.07) is 45.6. The molecule has 280 valence electrons. The zero-order valence-electron chi connectivity index (χ0n) is 33.6. The quantitative estimate of drug-likeness (QED) is 0.161. The topological polar surface area (TPSA) is 6.48 Å². The van der Waals surface area contributed by atoms with Crippen LogP contribution in [0.15, 0.2) is 181 Å². The normalized spacial score (nSPS) is 25.0. The molecule has 0 amide bonds. The summed E-state index contributed by atoms with van der Waals surface area (Å²) >= 11 is 0. The van der Waals surface area contributed by atoms with E-state index in [9.17, 15) is 0 Å². The van der Waals surface area contributed by atoms with Crippen LogP contribution in [0, 0.1) is 17.8 Å². The van der Waals surface area contributed by atoms with Crippen molar-refractivity contribution < 1.29 is 0 Å². The summed E-state index contributed by atoms with van der Waals surface area (Å²) in [5.74, 6) is 1.39. The number of para-hydroxylation sites is 1. The fourth-order valence-electron chi connectivity index (χ4n) is 9.78. The summed E-state index contributed by atoms with van der Waals surface area (Å²) in [6.45, 7) is 11.9. The van der Waals surface area contributed by atoms with E-state index in [1.807, 2.05) is 0 Å². The van der Waals surface area contributed by atoms with Crippen molar-refractivity contribution in [1.29, 1.82) is 0 Å². The molecule has 0 fully saturated rings. The molecule has 0 saturated carbocycles. The molecule has 9 rings (SSSR count). The monoisotopic (exact) mass is 730 g/mol. The van der Waals surface area contributed by atoms with Gasteiger partial charge < -0.3 is 9.80 Å². The van der Waals surface area contributed by atoms with Gasteiger partial charge in [-0.25, -0.2) is 0 Å². The van der Waals surface area contributed by atoms with E-state index in [2.05, 4.69) is 214 Å². The molecule has 0 saturated heterocycles. The first kappa shape index (κ1) is 36.1. The first-order chi connectivity index (χ1) is 27.3. The minimum atomic E-state index is -0.0607. The third-order valence-electron chi connectivity index (χ3n) is 12.9. The molecule has 5 aromatic rings. The van der Waals surface area contributed by atoms with Crippen LogP contribution in [-0.2, 0) is 11.8 Å². The highest BCUT2D eigenvalue weighted by Crippen LogP contribution is 2.50. The molecular formula is C54H54N2. The summed E-state index contributed by atoms with van der Waals surface area (Å²) in [7, 11) is 0. The molecule has 3 aliphatic carbocycles. The highest BCUT2D eigenvalue weighted by molar-refractivity contribution is 5.83. The SMILES string of the molecule is CC1C=CC(N2c3ccccc3C/C=C(C3C=CC(N(c4ccc(-c5ccccc5)cc4)c4ccc5c(c4)C(C)(C)c4ccccc4-5)CC3C)\C=C/C2C)=CC1. The van der Waals surface area contributed by atoms with Crippen LogP contribution in [0.25, 0.3) is 22.3 Å². The Morgan fingerprint density at radius 1 is 0.625 bits per heavy atom. The molecule has 5 atom stereocenters. The standard InChI is InChI=1S/C54H54N2/c1-37-19-27-44(28-20-37)55-39(3)21-22-42(23-24-43-15-9-12-18-53(43)55)48-33-31-46(35-38(48)2)56(45-29-25-41(26-30-45)40-13-7-6-8-14-40)47-32-34-50-49-16-10-11-17-51(49)54(4,5)52(50)36-47/h6-19,21-23,25-34,36-39,46,48H,20,24,35H2,1-5H3/b22-21-,42-23+. The number of benzene rings is 5. The van der Waals surface area contributed by atoms with Gasteiger partial charge in [0.1, 0.15) is 0 Å². The van der Waals surface area contributed by atoms with E-state index >= 15 is 0 Å². The molecule has 0 radical (unpaired) electrons. The van der Waals surface area contributed by atoms with Crippen LogP contribution >= 0.6 is 0 Å². The van der Waals surface area contributed by atoms with Crippen molar-refractivity contribution in [3.8, 4) is 22.3 Å². The van der Waals surface area contributed by atoms with Gasteiger partial charge in [-0.05, 0) is 119 Å². The predicted octanol–water partition coefficient (Wildman–Crippen LogP) is 13.8. The summed E-state index contributed by atoms with van der Waals surface area (Å²) in [5, 5.41) is 0. The number of hydrogen-bond acceptors (Lipinski definition) is 2. The van der Waals surface area contributed by atoms with Crippen molar-refractivity contribution >= 4 is 17.1 Å². The largest absolute Gasteiger partial charge is 0.335 e. The van der Waals surface area contributed by atoms with Crippen LogP contribution in [0.4, 0.5) is 17.1 Å². The fourth-order valence-corrected chi connectivity index (χ4v) is 9.78. The van der Waals surface area contributed by atoms with Crippen LogP contribution in [-0.4, -0.2) is 12.1 Å². The summed E-state index contributed by atoms with van der Waals surface area (Å²) in [6.07, 6.45) is 22.6. The number of fused-ring (bicyclic) bond motifs is 4. The van der Waals surface area contributed by atoms with Gasteiger partial charge in [0.2, 0.25) is 0 Å². The molecule has 5 unspecified atom stereocenters. The van der Waals surface area contributed by atoms with E-state index in [0.717, 1.165) is 19.3 Å². The van der Waals surface area contributed by atoms with E-state index in [1.165, 1.54) is 67.3 Å². The highest BCUT2D eigenvalue weighted by Gasteiger charge is 2.37. The van der Waals surface area contributed by atoms with Gasteiger partial charge in [0.05, 0.1) is 6.04 Å². The van der Waals surface area contributed by atoms with Crippen molar-refractivity contribution in [3.63, 3.8) is 0 Å². The second-order valence-corrected chi connectivity index (χ2v) is 17.1. The van der Waals surface area contributed by atoms with Gasteiger partial charge >= 0.3 is 0 Å². The summed E-state index contributed by atoms with van der Waals surface area (Å²) in [5.41, 5.74) is 15.9. The first-order valence-corrected chi connectivity index (χ1v) is 20.8. The van der Waals surface area contributed by atoms with Crippen molar-refractivity contribution in [2.45, 2.75) is 71.4 Å². The zero-order chi connectivity index (χ0) is 38.4. The summed E-state index contributed by atoms with van der Waals surface area (Å²) < 4.78 is 0. The molecule has 0 N–H and O–H groups in total. The second-order valence-electron chi connectivity index (χ2n) is 17.1. The van der Waals surface area contributed by atoms with Gasteiger partial charge in [0.15, 0.2) is 0 Å². The third kappa shape index (κ3) is 6.60. The van der Waals surface area contributed by atoms with E-state index < -0.39 is 0 Å². The van der Waals surface area contributed by atoms with Crippen molar-refractivity contribution in [1.82, 2.24) is 0 Å². The molecule has 5 aromatic carbocycles. The molecule has 0 bridgehead atoms. The molecule has 1 heterocycles. The fraction of sp³-hybridized carbons (Fsp3) is 0.259. The third-order valence-corrected chi connectivity index (χ3v) is 12.9. The van der Waals surface area contributed by atoms with Crippen molar-refractivity contribution in [2.75, 3.05) is 9.80 Å². The average Bonchev–Trinajstić information content (AvgIpc) is 3.49. The molecule has 2 heteroatoms. The van der Waals surface area contributed by atoms with E-state index in [4.69, 9.17) is 0 Å². The summed E-state index contributed by atoms with van der Waals surface area (Å²) in [4.78, 5) is 5.14. The molecule has 0 aromatic heterocycles. The lowest BCUT2D eigenvalue weighted by molar-refractivity contribution is 0.406. The van der Waals surface area contributed by atoms with Gasteiger partial charge in [-0.3, -0.25) is 0 Å². The maximum atomic E-state index is 2.60. The zero-order valence-corrected chi connectivity index (χ0v) is 33.6. The van der Waals surface area contributed by atoms with Crippen molar-refractivity contribution in [2.24, 2.45) is 17.8 Å². The van der Waals surface area contributed by atoms with E-state index in [0.29, 0.717) is 17.8 Å². The Labute approximate surface area is 334 Å². The molecule has 1 aliphatic heterocycles. The Kier molecular flexibility index (Phi) is 9.54. The molecule has 0 spiro atoms. The predicted molar refractivity (Wildman–Crippen MR) is 239 cm³/mol. The van der Waals surface area contributed by atoms with E-state index in [-0.39, 0.29) is 17.5 Å². The van der Waals surface area contributed by atoms with Gasteiger partial charge in [0.25, 0.3) is 0 Å². The lowest BCUT2D eigenvalue weighted by Gasteiger charge is -2.39. The molecule has 56 heavy (non-hydrogen) atoms. The Morgan fingerprint density at radius 3 is 2.12 bits per heavy atom. The van der Waals surface area contributed by atoms with Crippen LogP contribution in [0.5, 0.6) is 0 Å². The second kappa shape index (κ2) is 14.8. The van der Waals surface area contributed by atoms with Gasteiger partial charge in [-0.15, -0.1) is 0 Å². The highest BCUT2D eigenvalue weighted by atomic mass is 15.2. The Hall–Kier alpha value is -5.60. The van der Waals surface area contributed by atoms with Crippen LogP contribution in [0.1, 0.15) is 64.2 Å². The van der Waals surface area contributed by atoms with Crippen molar-refractivity contribution in [3.05, 3.63) is 198 Å². The minimum Gasteiger partial charge on any atom is -0.335 e. The number of nitrogens with zero attached hydrogens (tertiary/aromatic N) is 2. The Balaban J connectivity index is 1.06. The Bertz CT molecular complexity index is 2390. The number of rotatable bonds is 6. The molecule has 2 nitrogen and oxygen atoms in total. The lowest BCUT2D eigenvalue weighted by atomic mass is 9.77. The Morgan fingerprint density at radius 2 is 1.34 bits per heavy atom. The van der Waals surface area contributed by atoms with Crippen LogP contribution < -0.4 is 9.80 Å². The maximum absolute atomic E-state index is 2.60. The smallest absolute Gasteiger partial charge is 0.0525 e. The number of hydrogen-bond donors (Lipinski definition) is 0. The average molecular weight is 731 g/mol. The van der Waals surface area contributed by atoms with Crippen LogP contribution in [0.3, 0.4) is 0 Å². The molecule has 4 aliphatic rings. The van der Waals surface area contributed by atoms with E-state index in [1.54, 1.807) is 0 Å². The minimum absolute atomic E-state index is 0.0607. The first-order valence-electron chi connectivity index (χ1n) is 20.8. The number of anilines is 3. The molecular weight excluding hydrogens is 677 g/mol. The van der Waals surface area contributed by atoms with Gasteiger partial charge in [0, 0.05) is 40.1 Å². The number of allylic oxidation sites excluding steroid dienone is 7. The maximum Gasteiger partial charge on any atom is 0.0525 e.